The first-order valence-corrected chi connectivity index (χ1v) is 7.09. The van der Waals surface area contributed by atoms with Gasteiger partial charge in [0.15, 0.2) is 0 Å². The molecule has 0 amide bonds. The van der Waals surface area contributed by atoms with Crippen LogP contribution in [0.25, 0.3) is 0 Å². The van der Waals surface area contributed by atoms with Crippen LogP contribution in [-0.2, 0) is 17.2 Å². The first-order chi connectivity index (χ1) is 8.57. The van der Waals surface area contributed by atoms with Crippen LogP contribution in [0.1, 0.15) is 38.3 Å². The van der Waals surface area contributed by atoms with E-state index in [1.165, 1.54) is 12.1 Å². The molecule has 0 saturated carbocycles. The van der Waals surface area contributed by atoms with Crippen molar-refractivity contribution in [3.05, 3.63) is 29.3 Å². The van der Waals surface area contributed by atoms with Crippen molar-refractivity contribution in [2.24, 2.45) is 0 Å². The van der Waals surface area contributed by atoms with E-state index in [1.54, 1.807) is 20.8 Å². The molecule has 0 heterocycles. The van der Waals surface area contributed by atoms with Crippen molar-refractivity contribution < 1.29 is 17.4 Å². The summed E-state index contributed by atoms with van der Waals surface area (Å²) < 4.78 is 53.6. The zero-order valence-electron chi connectivity index (χ0n) is 11.4. The topological polar surface area (TPSA) is 29.1 Å². The van der Waals surface area contributed by atoms with Gasteiger partial charge in [0.2, 0.25) is 0 Å². The summed E-state index contributed by atoms with van der Waals surface area (Å²) in [5.74, 6) is 0. The Morgan fingerprint density at radius 3 is 2.32 bits per heavy atom. The van der Waals surface area contributed by atoms with Gasteiger partial charge in [0, 0.05) is 5.54 Å². The van der Waals surface area contributed by atoms with Gasteiger partial charge in [-0.05, 0) is 39.3 Å². The average Bonchev–Trinajstić information content (AvgIpc) is 2.27. The second-order valence-corrected chi connectivity index (χ2v) is 6.29. The van der Waals surface area contributed by atoms with Gasteiger partial charge in [0.25, 0.3) is 0 Å². The minimum Gasteiger partial charge on any atom is -0.237 e. The molecule has 0 bridgehead atoms. The molecule has 0 aromatic heterocycles. The molecule has 108 valence electrons. The first-order valence-electron chi connectivity index (χ1n) is 5.94. The van der Waals surface area contributed by atoms with Gasteiger partial charge in [0.1, 0.15) is 11.0 Å². The first kappa shape index (κ1) is 16.2. The molecule has 2 nitrogen and oxygen atoms in total. The fraction of sp³-hybridized carbons (Fsp3) is 0.538. The van der Waals surface area contributed by atoms with Crippen molar-refractivity contribution in [3.63, 3.8) is 0 Å². The molecule has 0 fully saturated rings. The van der Waals surface area contributed by atoms with Crippen LogP contribution in [0.5, 0.6) is 0 Å². The zero-order chi connectivity index (χ0) is 14.8. The molecule has 1 atom stereocenters. The third-order valence-corrected chi connectivity index (χ3v) is 4.39. The molecule has 0 aliphatic heterocycles. The number of hydrogen-bond acceptors (Lipinski definition) is 1. The number of nitrogens with one attached hydrogen (secondary N) is 1. The van der Waals surface area contributed by atoms with Crippen molar-refractivity contribution in [1.29, 1.82) is 0 Å². The Hall–Kier alpha value is -0.880. The summed E-state index contributed by atoms with van der Waals surface area (Å²) in [4.78, 5) is -0.223. The zero-order valence-corrected chi connectivity index (χ0v) is 12.2. The van der Waals surface area contributed by atoms with Crippen molar-refractivity contribution in [3.8, 4) is 0 Å². The van der Waals surface area contributed by atoms with Gasteiger partial charge < -0.3 is 0 Å². The third kappa shape index (κ3) is 4.31. The minimum absolute atomic E-state index is 0.223. The largest absolute Gasteiger partial charge is 0.417 e. The van der Waals surface area contributed by atoms with E-state index in [-0.39, 0.29) is 4.90 Å². The predicted octanol–water partition coefficient (Wildman–Crippen LogP) is 3.81. The number of alkyl halides is 3. The Bertz CT molecular complexity index is 483. The van der Waals surface area contributed by atoms with Gasteiger partial charge in [-0.1, -0.05) is 18.6 Å². The molecule has 1 N–H and O–H groups in total. The Morgan fingerprint density at radius 2 is 1.84 bits per heavy atom. The summed E-state index contributed by atoms with van der Waals surface area (Å²) in [6, 6.07) is 3.82. The third-order valence-electron chi connectivity index (χ3n) is 2.89. The smallest absolute Gasteiger partial charge is 0.237 e. The highest BCUT2D eigenvalue weighted by Gasteiger charge is 2.35. The van der Waals surface area contributed by atoms with Crippen LogP contribution in [0.3, 0.4) is 0 Å². The minimum atomic E-state index is -4.50. The van der Waals surface area contributed by atoms with E-state index >= 15 is 0 Å². The van der Waals surface area contributed by atoms with Crippen LogP contribution in [0.2, 0.25) is 0 Å². The monoisotopic (exact) mass is 293 g/mol. The molecule has 1 unspecified atom stereocenters. The molecular formula is C13H18F3NOS. The maximum atomic E-state index is 12.9. The van der Waals surface area contributed by atoms with Gasteiger partial charge in [-0.2, -0.15) is 13.2 Å². The van der Waals surface area contributed by atoms with Crippen molar-refractivity contribution >= 4 is 11.0 Å². The van der Waals surface area contributed by atoms with E-state index in [9.17, 15) is 17.4 Å². The van der Waals surface area contributed by atoms with Gasteiger partial charge in [0.05, 0.1) is 10.5 Å². The van der Waals surface area contributed by atoms with Gasteiger partial charge in [-0.15, -0.1) is 0 Å². The Morgan fingerprint density at radius 1 is 1.26 bits per heavy atom. The normalized spacial score (nSPS) is 14.5. The van der Waals surface area contributed by atoms with Crippen LogP contribution in [-0.4, -0.2) is 9.75 Å². The van der Waals surface area contributed by atoms with E-state index in [0.717, 1.165) is 6.07 Å². The summed E-state index contributed by atoms with van der Waals surface area (Å²) >= 11 is 0. The Balaban J connectivity index is 3.17. The van der Waals surface area contributed by atoms with Crippen LogP contribution >= 0.6 is 0 Å². The highest BCUT2D eigenvalue weighted by Crippen LogP contribution is 2.34. The number of benzene rings is 1. The number of rotatable bonds is 4. The summed E-state index contributed by atoms with van der Waals surface area (Å²) in [5.41, 5.74) is -0.841. The summed E-state index contributed by atoms with van der Waals surface area (Å²) in [6.45, 7) is 7.05. The van der Waals surface area contributed by atoms with Crippen molar-refractivity contribution in [1.82, 2.24) is 4.72 Å². The lowest BCUT2D eigenvalue weighted by molar-refractivity contribution is -0.139. The molecule has 1 rings (SSSR count). The van der Waals surface area contributed by atoms with Crippen LogP contribution in [0, 0.1) is 6.92 Å². The molecule has 0 aliphatic rings. The van der Waals surface area contributed by atoms with Crippen LogP contribution < -0.4 is 4.72 Å². The van der Waals surface area contributed by atoms with E-state index in [1.807, 2.05) is 6.92 Å². The summed E-state index contributed by atoms with van der Waals surface area (Å²) in [6.07, 6.45) is -3.85. The van der Waals surface area contributed by atoms with Gasteiger partial charge in [-0.3, -0.25) is 0 Å². The lowest BCUT2D eigenvalue weighted by Crippen LogP contribution is -2.40. The molecule has 0 spiro atoms. The molecule has 0 radical (unpaired) electrons. The highest BCUT2D eigenvalue weighted by molar-refractivity contribution is 7.83. The Kier molecular flexibility index (Phi) is 4.79. The average molecular weight is 293 g/mol. The quantitative estimate of drug-likeness (QED) is 0.898. The van der Waals surface area contributed by atoms with Gasteiger partial charge >= 0.3 is 6.18 Å². The lowest BCUT2D eigenvalue weighted by Gasteiger charge is -2.24. The summed E-state index contributed by atoms with van der Waals surface area (Å²) in [7, 11) is -1.89. The van der Waals surface area contributed by atoms with E-state index in [0.29, 0.717) is 12.0 Å². The summed E-state index contributed by atoms with van der Waals surface area (Å²) in [5, 5.41) is 0. The number of halogens is 3. The standard InChI is InChI=1S/C13H18F3NOS/c1-5-12(3,4)17-19(18)11-7-6-9(2)8-10(11)13(14,15)16/h6-8,17H,5H2,1-4H3. The van der Waals surface area contributed by atoms with Crippen molar-refractivity contribution in [2.75, 3.05) is 0 Å². The maximum Gasteiger partial charge on any atom is 0.417 e. The fourth-order valence-corrected chi connectivity index (χ4v) is 2.73. The van der Waals surface area contributed by atoms with E-state index < -0.39 is 28.3 Å². The molecule has 6 heteroatoms. The fourth-order valence-electron chi connectivity index (χ4n) is 1.41. The highest BCUT2D eigenvalue weighted by atomic mass is 32.2. The molecule has 0 saturated heterocycles. The molecule has 19 heavy (non-hydrogen) atoms. The lowest BCUT2D eigenvalue weighted by atomic mass is 10.0. The van der Waals surface area contributed by atoms with Crippen molar-refractivity contribution in [2.45, 2.75) is 50.7 Å². The van der Waals surface area contributed by atoms with Crippen LogP contribution in [0.15, 0.2) is 23.1 Å². The number of aryl methyl sites for hydroxylation is 1. The second-order valence-electron chi connectivity index (χ2n) is 5.11. The number of hydrogen-bond donors (Lipinski definition) is 1. The van der Waals surface area contributed by atoms with E-state index in [2.05, 4.69) is 4.72 Å². The molecule has 0 aliphatic carbocycles. The van der Waals surface area contributed by atoms with Crippen LogP contribution in [0.4, 0.5) is 13.2 Å². The predicted molar refractivity (Wildman–Crippen MR) is 70.1 cm³/mol. The van der Waals surface area contributed by atoms with E-state index in [4.69, 9.17) is 0 Å². The SMILES string of the molecule is CCC(C)(C)NS(=O)c1ccc(C)cc1C(F)(F)F. The second kappa shape index (κ2) is 5.63. The molecule has 1 aromatic carbocycles. The maximum absolute atomic E-state index is 12.9. The van der Waals surface area contributed by atoms with Gasteiger partial charge in [-0.25, -0.2) is 8.93 Å². The molecule has 1 aromatic rings. The molecular weight excluding hydrogens is 275 g/mol. The Labute approximate surface area is 114 Å².